The number of ether oxygens (including phenoxy) is 1. The lowest BCUT2D eigenvalue weighted by Crippen LogP contribution is -2.30. The van der Waals surface area contributed by atoms with Gasteiger partial charge in [-0.2, -0.15) is 0 Å². The predicted molar refractivity (Wildman–Crippen MR) is 88.8 cm³/mol. The maximum Gasteiger partial charge on any atom is 0.235 e. The Kier molecular flexibility index (Phi) is 5.76. The van der Waals surface area contributed by atoms with Gasteiger partial charge in [0.05, 0.1) is 12.9 Å². The van der Waals surface area contributed by atoms with Gasteiger partial charge < -0.3 is 10.1 Å². The summed E-state index contributed by atoms with van der Waals surface area (Å²) < 4.78 is 29.3. The van der Waals surface area contributed by atoms with Crippen LogP contribution < -0.4 is 10.1 Å². The Morgan fingerprint density at radius 1 is 1.04 bits per heavy atom. The number of carbonyl (C=O) groups excluding carboxylic acids is 1. The van der Waals surface area contributed by atoms with Crippen LogP contribution in [0.25, 0.3) is 0 Å². The van der Waals surface area contributed by atoms with Crippen LogP contribution in [-0.4, -0.2) is 27.2 Å². The smallest absolute Gasteiger partial charge is 0.235 e. The second-order valence-electron chi connectivity index (χ2n) is 5.11. The monoisotopic (exact) mass is 333 g/mol. The molecule has 0 unspecified atom stereocenters. The molecular formula is C17H19NO4S. The molecule has 0 heterocycles. The topological polar surface area (TPSA) is 72.5 Å². The van der Waals surface area contributed by atoms with Gasteiger partial charge in [0, 0.05) is 12.1 Å². The highest BCUT2D eigenvalue weighted by atomic mass is 32.2. The van der Waals surface area contributed by atoms with Crippen LogP contribution in [0.5, 0.6) is 5.75 Å². The van der Waals surface area contributed by atoms with Crippen molar-refractivity contribution < 1.29 is 17.9 Å². The molecule has 0 spiro atoms. The zero-order chi connectivity index (χ0) is 16.7. The van der Waals surface area contributed by atoms with Crippen molar-refractivity contribution >= 4 is 15.7 Å². The van der Waals surface area contributed by atoms with Gasteiger partial charge in [0.1, 0.15) is 11.5 Å². The fourth-order valence-electron chi connectivity index (χ4n) is 2.17. The van der Waals surface area contributed by atoms with Crippen LogP contribution in [0.4, 0.5) is 0 Å². The minimum atomic E-state index is -3.50. The van der Waals surface area contributed by atoms with Crippen molar-refractivity contribution in [3.63, 3.8) is 0 Å². The Balaban J connectivity index is 1.91. The Labute approximate surface area is 136 Å². The second-order valence-corrected chi connectivity index (χ2v) is 7.17. The van der Waals surface area contributed by atoms with Crippen LogP contribution in [0.3, 0.4) is 0 Å². The number of hydrogen-bond acceptors (Lipinski definition) is 4. The number of hydrogen-bond donors (Lipinski definition) is 1. The average molecular weight is 333 g/mol. The standard InChI is InChI=1S/C17H19NO4S/c1-22-16-10-6-5-9-15(16)11-18-17(19)13-23(20,21)12-14-7-3-2-4-8-14/h2-10H,11-13H2,1H3,(H,18,19). The summed E-state index contributed by atoms with van der Waals surface area (Å²) in [4.78, 5) is 11.9. The number of benzene rings is 2. The first kappa shape index (κ1) is 17.0. The molecule has 0 saturated heterocycles. The molecule has 1 amide bonds. The van der Waals surface area contributed by atoms with E-state index < -0.39 is 21.5 Å². The van der Waals surface area contributed by atoms with Crippen molar-refractivity contribution in [2.24, 2.45) is 0 Å². The van der Waals surface area contributed by atoms with Crippen molar-refractivity contribution in [3.8, 4) is 5.75 Å². The van der Waals surface area contributed by atoms with Gasteiger partial charge in [-0.3, -0.25) is 4.79 Å². The van der Waals surface area contributed by atoms with E-state index in [9.17, 15) is 13.2 Å². The number of sulfone groups is 1. The minimum Gasteiger partial charge on any atom is -0.496 e. The Morgan fingerprint density at radius 3 is 2.39 bits per heavy atom. The van der Waals surface area contributed by atoms with Crippen LogP contribution in [0.2, 0.25) is 0 Å². The van der Waals surface area contributed by atoms with Gasteiger partial charge in [0.2, 0.25) is 5.91 Å². The van der Waals surface area contributed by atoms with E-state index in [1.807, 2.05) is 24.3 Å². The van der Waals surface area contributed by atoms with Gasteiger partial charge in [-0.25, -0.2) is 8.42 Å². The molecule has 1 N–H and O–H groups in total. The van der Waals surface area contributed by atoms with E-state index >= 15 is 0 Å². The number of carbonyl (C=O) groups is 1. The first-order valence-electron chi connectivity index (χ1n) is 7.13. The minimum absolute atomic E-state index is 0.143. The molecule has 2 aromatic carbocycles. The zero-order valence-electron chi connectivity index (χ0n) is 12.9. The van der Waals surface area contributed by atoms with Crippen molar-refractivity contribution in [2.45, 2.75) is 12.3 Å². The molecule has 0 aliphatic rings. The molecular weight excluding hydrogens is 314 g/mol. The zero-order valence-corrected chi connectivity index (χ0v) is 13.7. The maximum absolute atomic E-state index is 12.1. The van der Waals surface area contributed by atoms with E-state index in [-0.39, 0.29) is 12.3 Å². The van der Waals surface area contributed by atoms with Crippen LogP contribution >= 0.6 is 0 Å². The third-order valence-electron chi connectivity index (χ3n) is 3.25. The van der Waals surface area contributed by atoms with Gasteiger partial charge in [0.25, 0.3) is 0 Å². The summed E-state index contributed by atoms with van der Waals surface area (Å²) in [6, 6.07) is 16.1. The quantitative estimate of drug-likeness (QED) is 0.840. The van der Waals surface area contributed by atoms with E-state index in [1.165, 1.54) is 0 Å². The third-order valence-corrected chi connectivity index (χ3v) is 4.72. The molecule has 0 aliphatic carbocycles. The lowest BCUT2D eigenvalue weighted by molar-refractivity contribution is -0.118. The highest BCUT2D eigenvalue weighted by molar-refractivity contribution is 7.91. The first-order chi connectivity index (χ1) is 11.0. The molecule has 0 fully saturated rings. The van der Waals surface area contributed by atoms with Gasteiger partial charge in [-0.15, -0.1) is 0 Å². The number of nitrogens with one attached hydrogen (secondary N) is 1. The van der Waals surface area contributed by atoms with Gasteiger partial charge >= 0.3 is 0 Å². The average Bonchev–Trinajstić information content (AvgIpc) is 2.53. The molecule has 0 saturated carbocycles. The van der Waals surface area contributed by atoms with Crippen molar-refractivity contribution in [1.82, 2.24) is 5.32 Å². The maximum atomic E-state index is 12.1. The summed E-state index contributed by atoms with van der Waals surface area (Å²) in [5.74, 6) is -0.542. The highest BCUT2D eigenvalue weighted by Gasteiger charge is 2.17. The molecule has 0 bridgehead atoms. The van der Waals surface area contributed by atoms with Gasteiger partial charge in [-0.05, 0) is 11.6 Å². The number of amides is 1. The number of methoxy groups -OCH3 is 1. The van der Waals surface area contributed by atoms with Crippen LogP contribution in [0, 0.1) is 0 Å². The highest BCUT2D eigenvalue weighted by Crippen LogP contribution is 2.16. The molecule has 122 valence electrons. The molecule has 23 heavy (non-hydrogen) atoms. The SMILES string of the molecule is COc1ccccc1CNC(=O)CS(=O)(=O)Cc1ccccc1. The van der Waals surface area contributed by atoms with Gasteiger partial charge in [-0.1, -0.05) is 48.5 Å². The molecule has 0 radical (unpaired) electrons. The van der Waals surface area contributed by atoms with Crippen molar-refractivity contribution in [3.05, 3.63) is 65.7 Å². The largest absolute Gasteiger partial charge is 0.496 e. The normalized spacial score (nSPS) is 11.0. The molecule has 0 atom stereocenters. The number of rotatable bonds is 7. The second kappa shape index (κ2) is 7.78. The molecule has 6 heteroatoms. The molecule has 2 rings (SSSR count). The van der Waals surface area contributed by atoms with E-state index in [1.54, 1.807) is 37.4 Å². The predicted octanol–water partition coefficient (Wildman–Crippen LogP) is 1.93. The Morgan fingerprint density at radius 2 is 1.70 bits per heavy atom. The van der Waals surface area contributed by atoms with Crippen molar-refractivity contribution in [1.29, 1.82) is 0 Å². The molecule has 2 aromatic rings. The lowest BCUT2D eigenvalue weighted by Gasteiger charge is -2.10. The van der Waals surface area contributed by atoms with E-state index in [0.717, 1.165) is 5.56 Å². The Bertz CT molecular complexity index is 757. The summed E-state index contributed by atoms with van der Waals surface area (Å²) in [7, 11) is -1.95. The first-order valence-corrected chi connectivity index (χ1v) is 8.95. The molecule has 0 aromatic heterocycles. The van der Waals surface area contributed by atoms with Crippen LogP contribution in [0.15, 0.2) is 54.6 Å². The van der Waals surface area contributed by atoms with Gasteiger partial charge in [0.15, 0.2) is 9.84 Å². The summed E-state index contributed by atoms with van der Waals surface area (Å²) in [6.45, 7) is 0.226. The summed E-state index contributed by atoms with van der Waals surface area (Å²) >= 11 is 0. The van der Waals surface area contributed by atoms with E-state index in [0.29, 0.717) is 11.3 Å². The lowest BCUT2D eigenvalue weighted by atomic mass is 10.2. The molecule has 5 nitrogen and oxygen atoms in total. The van der Waals surface area contributed by atoms with Crippen LogP contribution in [0.1, 0.15) is 11.1 Å². The fourth-order valence-corrected chi connectivity index (χ4v) is 3.48. The summed E-state index contributed by atoms with van der Waals surface area (Å²) in [6.07, 6.45) is 0. The summed E-state index contributed by atoms with van der Waals surface area (Å²) in [5.41, 5.74) is 1.47. The number of para-hydroxylation sites is 1. The Hall–Kier alpha value is -2.34. The molecule has 0 aliphatic heterocycles. The van der Waals surface area contributed by atoms with E-state index in [4.69, 9.17) is 4.74 Å². The van der Waals surface area contributed by atoms with Crippen LogP contribution in [-0.2, 0) is 26.9 Å². The van der Waals surface area contributed by atoms with E-state index in [2.05, 4.69) is 5.32 Å². The third kappa shape index (κ3) is 5.41. The summed E-state index contributed by atoms with van der Waals surface area (Å²) in [5, 5.41) is 2.62. The fraction of sp³-hybridized carbons (Fsp3) is 0.235. The van der Waals surface area contributed by atoms with Crippen molar-refractivity contribution in [2.75, 3.05) is 12.9 Å².